The second kappa shape index (κ2) is 8.61. The molecule has 1 aliphatic heterocycles. The van der Waals surface area contributed by atoms with Crippen molar-refractivity contribution >= 4 is 17.7 Å². The first-order chi connectivity index (χ1) is 13.0. The number of hydrogen-bond acceptors (Lipinski definition) is 5. The predicted molar refractivity (Wildman–Crippen MR) is 107 cm³/mol. The van der Waals surface area contributed by atoms with Crippen molar-refractivity contribution in [2.45, 2.75) is 38.4 Å². The summed E-state index contributed by atoms with van der Waals surface area (Å²) in [7, 11) is 1.64. The number of nitrogens with one attached hydrogen (secondary N) is 1. The molecule has 0 aliphatic carbocycles. The molecule has 2 heterocycles. The number of carbonyl (C=O) groups is 1. The molecule has 0 saturated carbocycles. The number of methoxy groups -OCH3 is 1. The molecular formula is C20H25N3O3S. The number of aryl methyl sites for hydroxylation is 1. The lowest BCUT2D eigenvalue weighted by Gasteiger charge is -2.25. The van der Waals surface area contributed by atoms with Gasteiger partial charge in [-0.3, -0.25) is 14.2 Å². The van der Waals surface area contributed by atoms with Gasteiger partial charge in [0.15, 0.2) is 5.16 Å². The molecule has 0 radical (unpaired) electrons. The summed E-state index contributed by atoms with van der Waals surface area (Å²) in [4.78, 5) is 29.8. The van der Waals surface area contributed by atoms with Crippen molar-refractivity contribution in [1.29, 1.82) is 0 Å². The summed E-state index contributed by atoms with van der Waals surface area (Å²) in [5.41, 5.74) is 2.57. The van der Waals surface area contributed by atoms with E-state index in [4.69, 9.17) is 4.74 Å². The number of aromatic nitrogens is 2. The first-order valence-electron chi connectivity index (χ1n) is 9.17. The van der Waals surface area contributed by atoms with Gasteiger partial charge in [-0.25, -0.2) is 4.98 Å². The van der Waals surface area contributed by atoms with E-state index in [-0.39, 0.29) is 17.4 Å². The first-order valence-corrected chi connectivity index (χ1v) is 10.2. The molecule has 3 rings (SSSR count). The molecule has 6 nitrogen and oxygen atoms in total. The molecule has 1 aromatic carbocycles. The molecule has 0 spiro atoms. The monoisotopic (exact) mass is 387 g/mol. The molecular weight excluding hydrogens is 362 g/mol. The Hall–Kier alpha value is -2.28. The van der Waals surface area contributed by atoms with Gasteiger partial charge >= 0.3 is 0 Å². The number of fused-ring (bicyclic) bond motifs is 1. The smallest absolute Gasteiger partial charge is 0.257 e. The molecule has 27 heavy (non-hydrogen) atoms. The largest absolute Gasteiger partial charge is 0.496 e. The molecule has 0 fully saturated rings. The molecule has 0 saturated heterocycles. The summed E-state index contributed by atoms with van der Waals surface area (Å²) in [5.74, 6) is 1.22. The Morgan fingerprint density at radius 3 is 2.93 bits per heavy atom. The summed E-state index contributed by atoms with van der Waals surface area (Å²) in [6.07, 6.45) is 1.35. The maximum Gasteiger partial charge on any atom is 0.257 e. The lowest BCUT2D eigenvalue weighted by atomic mass is 10.1. The zero-order chi connectivity index (χ0) is 19.4. The maximum atomic E-state index is 12.7. The van der Waals surface area contributed by atoms with Crippen LogP contribution >= 0.6 is 11.8 Å². The van der Waals surface area contributed by atoms with E-state index in [0.29, 0.717) is 36.8 Å². The Labute approximate surface area is 163 Å². The highest BCUT2D eigenvalue weighted by Gasteiger charge is 2.27. The number of hydrogen-bond donors (Lipinski definition) is 1. The summed E-state index contributed by atoms with van der Waals surface area (Å²) < 4.78 is 7.00. The van der Waals surface area contributed by atoms with Crippen molar-refractivity contribution < 1.29 is 9.53 Å². The van der Waals surface area contributed by atoms with Crippen molar-refractivity contribution in [2.75, 3.05) is 19.4 Å². The molecule has 1 aliphatic rings. The third-order valence-corrected chi connectivity index (χ3v) is 6.00. The number of benzene rings is 1. The molecule has 1 aromatic heterocycles. The van der Waals surface area contributed by atoms with E-state index in [0.717, 1.165) is 22.6 Å². The fraction of sp³-hybridized carbons (Fsp3) is 0.450. The van der Waals surface area contributed by atoms with Crippen LogP contribution in [-0.2, 0) is 24.2 Å². The third kappa shape index (κ3) is 4.18. The van der Waals surface area contributed by atoms with Gasteiger partial charge in [0.05, 0.1) is 13.0 Å². The van der Waals surface area contributed by atoms with E-state index in [1.54, 1.807) is 11.7 Å². The third-order valence-electron chi connectivity index (χ3n) is 4.86. The van der Waals surface area contributed by atoms with Crippen LogP contribution in [0, 0.1) is 12.8 Å². The van der Waals surface area contributed by atoms with Crippen LogP contribution in [-0.4, -0.2) is 34.9 Å². The van der Waals surface area contributed by atoms with Crippen molar-refractivity contribution in [3.05, 3.63) is 51.4 Å². The molecule has 7 heteroatoms. The topological polar surface area (TPSA) is 73.2 Å². The standard InChI is InChI=1S/C20H25N3O3S/c1-4-16-13(2)22-20-23(19(16)25)11-15(12-27-20)18(24)21-10-9-14-7-5-6-8-17(14)26-3/h5-8,15H,4,9-12H2,1-3H3,(H,21,24). The highest BCUT2D eigenvalue weighted by Crippen LogP contribution is 2.26. The minimum Gasteiger partial charge on any atom is -0.496 e. The molecule has 1 atom stereocenters. The van der Waals surface area contributed by atoms with Crippen molar-refractivity contribution in [3.8, 4) is 5.75 Å². The summed E-state index contributed by atoms with van der Waals surface area (Å²) in [6, 6.07) is 7.80. The van der Waals surface area contributed by atoms with Crippen LogP contribution in [0.2, 0.25) is 0 Å². The van der Waals surface area contributed by atoms with Gasteiger partial charge in [-0.1, -0.05) is 36.9 Å². The Balaban J connectivity index is 1.63. The Bertz CT molecular complexity index is 895. The maximum absolute atomic E-state index is 12.7. The fourth-order valence-electron chi connectivity index (χ4n) is 3.34. The van der Waals surface area contributed by atoms with E-state index in [1.165, 1.54) is 11.8 Å². The van der Waals surface area contributed by atoms with Crippen LogP contribution in [0.1, 0.15) is 23.7 Å². The average Bonchev–Trinajstić information content (AvgIpc) is 2.68. The predicted octanol–water partition coefficient (Wildman–Crippen LogP) is 2.20. The van der Waals surface area contributed by atoms with E-state index in [2.05, 4.69) is 10.3 Å². The van der Waals surface area contributed by atoms with Crippen LogP contribution in [0.3, 0.4) is 0 Å². The minimum atomic E-state index is -0.230. The summed E-state index contributed by atoms with van der Waals surface area (Å²) in [6.45, 7) is 4.76. The average molecular weight is 388 g/mol. The van der Waals surface area contributed by atoms with Gasteiger partial charge in [0, 0.05) is 30.1 Å². The SMILES string of the molecule is CCc1c(C)nc2n(c1=O)CC(C(=O)NCCc1ccccc1OC)CS2. The van der Waals surface area contributed by atoms with Gasteiger partial charge in [-0.05, 0) is 31.4 Å². The molecule has 1 unspecified atom stereocenters. The van der Waals surface area contributed by atoms with Crippen LogP contribution < -0.4 is 15.6 Å². The van der Waals surface area contributed by atoms with Gasteiger partial charge in [-0.2, -0.15) is 0 Å². The molecule has 1 amide bonds. The Kier molecular flexibility index (Phi) is 6.21. The lowest BCUT2D eigenvalue weighted by molar-refractivity contribution is -0.124. The van der Waals surface area contributed by atoms with Crippen LogP contribution in [0.15, 0.2) is 34.2 Å². The minimum absolute atomic E-state index is 0.0148. The van der Waals surface area contributed by atoms with E-state index >= 15 is 0 Å². The van der Waals surface area contributed by atoms with Gasteiger partial charge in [-0.15, -0.1) is 0 Å². The zero-order valence-electron chi connectivity index (χ0n) is 15.9. The number of para-hydroxylation sites is 1. The van der Waals surface area contributed by atoms with E-state index < -0.39 is 0 Å². The van der Waals surface area contributed by atoms with E-state index in [1.807, 2.05) is 38.1 Å². The Morgan fingerprint density at radius 1 is 1.41 bits per heavy atom. The van der Waals surface area contributed by atoms with Crippen molar-refractivity contribution in [3.63, 3.8) is 0 Å². The van der Waals surface area contributed by atoms with E-state index in [9.17, 15) is 9.59 Å². The van der Waals surface area contributed by atoms with Gasteiger partial charge in [0.25, 0.3) is 5.56 Å². The fourth-order valence-corrected chi connectivity index (χ4v) is 4.46. The number of ether oxygens (including phenoxy) is 1. The van der Waals surface area contributed by atoms with Crippen LogP contribution in [0.5, 0.6) is 5.75 Å². The van der Waals surface area contributed by atoms with Gasteiger partial charge < -0.3 is 10.1 Å². The Morgan fingerprint density at radius 2 is 2.19 bits per heavy atom. The number of rotatable bonds is 6. The van der Waals surface area contributed by atoms with Crippen LogP contribution in [0.4, 0.5) is 0 Å². The van der Waals surface area contributed by atoms with Gasteiger partial charge in [0.2, 0.25) is 5.91 Å². The molecule has 1 N–H and O–H groups in total. The second-order valence-corrected chi connectivity index (χ2v) is 7.58. The lowest BCUT2D eigenvalue weighted by Crippen LogP contribution is -2.41. The zero-order valence-corrected chi connectivity index (χ0v) is 16.8. The number of thioether (sulfide) groups is 1. The molecule has 144 valence electrons. The normalized spacial score (nSPS) is 15.9. The van der Waals surface area contributed by atoms with Crippen molar-refractivity contribution in [2.24, 2.45) is 5.92 Å². The van der Waals surface area contributed by atoms with Gasteiger partial charge in [0.1, 0.15) is 5.75 Å². The number of carbonyl (C=O) groups excluding carboxylic acids is 1. The first kappa shape index (κ1) is 19.5. The second-order valence-electron chi connectivity index (χ2n) is 6.59. The summed E-state index contributed by atoms with van der Waals surface area (Å²) in [5, 5.41) is 3.71. The molecule has 2 aromatic rings. The highest BCUT2D eigenvalue weighted by molar-refractivity contribution is 7.99. The van der Waals surface area contributed by atoms with Crippen LogP contribution in [0.25, 0.3) is 0 Å². The summed E-state index contributed by atoms with van der Waals surface area (Å²) >= 11 is 1.48. The number of nitrogens with zero attached hydrogens (tertiary/aromatic N) is 2. The highest BCUT2D eigenvalue weighted by atomic mass is 32.2. The van der Waals surface area contributed by atoms with Crippen molar-refractivity contribution in [1.82, 2.24) is 14.9 Å². The molecule has 0 bridgehead atoms. The quantitative estimate of drug-likeness (QED) is 0.770. The number of amides is 1.